The van der Waals surface area contributed by atoms with Crippen molar-refractivity contribution in [1.29, 1.82) is 0 Å². The van der Waals surface area contributed by atoms with Gasteiger partial charge in [0, 0.05) is 50.4 Å². The van der Waals surface area contributed by atoms with Crippen molar-refractivity contribution in [2.75, 3.05) is 71.2 Å². The van der Waals surface area contributed by atoms with Gasteiger partial charge in [0.05, 0.1) is 39.6 Å². The highest BCUT2D eigenvalue weighted by molar-refractivity contribution is 5.76. The fraction of sp³-hybridized carbons (Fsp3) is 0.560. The summed E-state index contributed by atoms with van der Waals surface area (Å²) in [6.07, 6.45) is 0.565. The molecule has 0 aliphatic carbocycles. The molecule has 1 atom stereocenters. The first kappa shape index (κ1) is 25.2. The van der Waals surface area contributed by atoms with Crippen molar-refractivity contribution in [3.05, 3.63) is 51.4 Å². The number of carbonyl (C=O) groups excluding carboxylic acids is 1. The quantitative estimate of drug-likeness (QED) is 0.543. The molecule has 0 radical (unpaired) electrons. The van der Waals surface area contributed by atoms with E-state index < -0.39 is 0 Å². The molecule has 0 saturated carbocycles. The minimum Gasteiger partial charge on any atom is -0.497 e. The second-order valence-corrected chi connectivity index (χ2v) is 8.79. The van der Waals surface area contributed by atoms with Gasteiger partial charge in [-0.2, -0.15) is 0 Å². The van der Waals surface area contributed by atoms with E-state index in [4.69, 9.17) is 14.2 Å². The summed E-state index contributed by atoms with van der Waals surface area (Å²) in [4.78, 5) is 37.3. The Labute approximate surface area is 205 Å². The van der Waals surface area contributed by atoms with Crippen molar-refractivity contribution in [1.82, 2.24) is 20.2 Å². The molecule has 0 bridgehead atoms. The highest BCUT2D eigenvalue weighted by Gasteiger charge is 2.23. The monoisotopic (exact) mass is 485 g/mol. The van der Waals surface area contributed by atoms with Crippen molar-refractivity contribution in [2.24, 2.45) is 0 Å². The summed E-state index contributed by atoms with van der Waals surface area (Å²) in [5.41, 5.74) is 2.14. The number of H-pyrrole nitrogens is 1. The summed E-state index contributed by atoms with van der Waals surface area (Å²) < 4.78 is 16.2. The van der Waals surface area contributed by atoms with Crippen LogP contribution in [-0.2, 0) is 20.7 Å². The Morgan fingerprint density at radius 3 is 2.40 bits per heavy atom. The third kappa shape index (κ3) is 6.59. The summed E-state index contributed by atoms with van der Waals surface area (Å²) >= 11 is 0. The maximum Gasteiger partial charge on any atom is 0.255 e. The van der Waals surface area contributed by atoms with Crippen LogP contribution in [0.5, 0.6) is 5.75 Å². The van der Waals surface area contributed by atoms with E-state index in [1.165, 1.54) is 0 Å². The SMILES string of the molecule is COc1ccc(C(CNC(=O)CCc2c(C)nc(N3CCOCC3)[nH]c2=O)N2CCOCC2)cc1. The molecule has 35 heavy (non-hydrogen) atoms. The van der Waals surface area contributed by atoms with Crippen molar-refractivity contribution in [3.63, 3.8) is 0 Å². The molecule has 2 fully saturated rings. The zero-order chi connectivity index (χ0) is 24.6. The topological polar surface area (TPSA) is 109 Å². The highest BCUT2D eigenvalue weighted by Crippen LogP contribution is 2.23. The van der Waals surface area contributed by atoms with Crippen molar-refractivity contribution in [2.45, 2.75) is 25.8 Å². The summed E-state index contributed by atoms with van der Waals surface area (Å²) in [6, 6.07) is 7.99. The Hall–Kier alpha value is -2.95. The van der Waals surface area contributed by atoms with Gasteiger partial charge in [-0.15, -0.1) is 0 Å². The standard InChI is InChI=1S/C25H35N5O5/c1-18-21(24(32)28-25(27-18)30-11-15-35-16-12-30)7-8-23(31)26-17-22(29-9-13-34-14-10-29)19-3-5-20(33-2)6-4-19/h3-6,22H,7-17H2,1-2H3,(H,26,31)(H,27,28,32). The van der Waals surface area contributed by atoms with Crippen molar-refractivity contribution >= 4 is 11.9 Å². The number of rotatable bonds is 9. The van der Waals surface area contributed by atoms with Gasteiger partial charge in [-0.25, -0.2) is 4.98 Å². The lowest BCUT2D eigenvalue weighted by Crippen LogP contribution is -2.43. The number of nitrogens with zero attached hydrogens (tertiary/aromatic N) is 3. The Kier molecular flexibility index (Phi) is 8.73. The van der Waals surface area contributed by atoms with Crippen molar-refractivity contribution in [3.8, 4) is 5.75 Å². The minimum atomic E-state index is -0.184. The van der Waals surface area contributed by atoms with Crippen LogP contribution < -0.4 is 20.5 Å². The van der Waals surface area contributed by atoms with E-state index in [1.54, 1.807) is 7.11 Å². The molecule has 1 unspecified atom stereocenters. The average molecular weight is 486 g/mol. The Bertz CT molecular complexity index is 1030. The lowest BCUT2D eigenvalue weighted by molar-refractivity contribution is -0.121. The molecule has 190 valence electrons. The molecule has 3 heterocycles. The molecular formula is C25H35N5O5. The number of aromatic nitrogens is 2. The average Bonchev–Trinajstić information content (AvgIpc) is 2.89. The zero-order valence-electron chi connectivity index (χ0n) is 20.5. The van der Waals surface area contributed by atoms with Crippen LogP contribution in [0.3, 0.4) is 0 Å². The number of ether oxygens (including phenoxy) is 3. The van der Waals surface area contributed by atoms with Crippen LogP contribution in [0.2, 0.25) is 0 Å². The van der Waals surface area contributed by atoms with Gasteiger partial charge in [0.15, 0.2) is 0 Å². The Balaban J connectivity index is 1.36. The van der Waals surface area contributed by atoms with E-state index in [0.29, 0.717) is 69.7 Å². The second-order valence-electron chi connectivity index (χ2n) is 8.79. The second kappa shape index (κ2) is 12.1. The zero-order valence-corrected chi connectivity index (χ0v) is 20.5. The van der Waals surface area contributed by atoms with Crippen LogP contribution in [0.1, 0.15) is 29.3 Å². The number of benzene rings is 1. The molecule has 2 N–H and O–H groups in total. The lowest BCUT2D eigenvalue weighted by Gasteiger charge is -2.35. The third-order valence-corrected chi connectivity index (χ3v) is 6.60. The Morgan fingerprint density at radius 1 is 1.11 bits per heavy atom. The lowest BCUT2D eigenvalue weighted by atomic mass is 10.0. The van der Waals surface area contributed by atoms with Gasteiger partial charge in [-0.3, -0.25) is 19.5 Å². The number of nitrogens with one attached hydrogen (secondary N) is 2. The van der Waals surface area contributed by atoms with Crippen molar-refractivity contribution < 1.29 is 19.0 Å². The molecular weight excluding hydrogens is 450 g/mol. The van der Waals surface area contributed by atoms with E-state index in [1.807, 2.05) is 36.1 Å². The van der Waals surface area contributed by atoms with Gasteiger partial charge in [-0.1, -0.05) is 12.1 Å². The number of morpholine rings is 2. The van der Waals surface area contributed by atoms with Crippen LogP contribution in [0.4, 0.5) is 5.95 Å². The van der Waals surface area contributed by atoms with Gasteiger partial charge in [0.25, 0.3) is 5.56 Å². The largest absolute Gasteiger partial charge is 0.497 e. The first-order valence-corrected chi connectivity index (χ1v) is 12.2. The molecule has 2 aromatic rings. The number of hydrogen-bond acceptors (Lipinski definition) is 8. The molecule has 1 amide bonds. The number of methoxy groups -OCH3 is 1. The minimum absolute atomic E-state index is 0.0355. The molecule has 1 aromatic heterocycles. The van der Waals surface area contributed by atoms with Gasteiger partial charge in [0.2, 0.25) is 11.9 Å². The first-order valence-electron chi connectivity index (χ1n) is 12.2. The summed E-state index contributed by atoms with van der Waals surface area (Å²) in [5.74, 6) is 1.28. The fourth-order valence-electron chi connectivity index (χ4n) is 4.53. The van der Waals surface area contributed by atoms with Crippen LogP contribution >= 0.6 is 0 Å². The van der Waals surface area contributed by atoms with E-state index in [9.17, 15) is 9.59 Å². The van der Waals surface area contributed by atoms with E-state index in [-0.39, 0.29) is 23.9 Å². The molecule has 1 aromatic carbocycles. The summed E-state index contributed by atoms with van der Waals surface area (Å²) in [5, 5.41) is 3.07. The van der Waals surface area contributed by atoms with Crippen LogP contribution in [0.25, 0.3) is 0 Å². The number of amides is 1. The van der Waals surface area contributed by atoms with Gasteiger partial charge in [-0.05, 0) is 31.0 Å². The molecule has 0 spiro atoms. The Morgan fingerprint density at radius 2 is 1.77 bits per heavy atom. The van der Waals surface area contributed by atoms with Crippen LogP contribution in [0, 0.1) is 6.92 Å². The third-order valence-electron chi connectivity index (χ3n) is 6.60. The van der Waals surface area contributed by atoms with E-state index in [0.717, 1.165) is 24.4 Å². The molecule has 2 aliphatic heterocycles. The highest BCUT2D eigenvalue weighted by atomic mass is 16.5. The molecule has 2 saturated heterocycles. The number of anilines is 1. The number of aryl methyl sites for hydroxylation is 1. The summed E-state index contributed by atoms with van der Waals surface area (Å²) in [6.45, 7) is 7.90. The van der Waals surface area contributed by atoms with Crippen LogP contribution in [0.15, 0.2) is 29.1 Å². The summed E-state index contributed by atoms with van der Waals surface area (Å²) in [7, 11) is 1.65. The number of hydrogen-bond donors (Lipinski definition) is 2. The maximum absolute atomic E-state index is 12.7. The van der Waals surface area contributed by atoms with Crippen LogP contribution in [-0.4, -0.2) is 87.0 Å². The number of carbonyl (C=O) groups is 1. The van der Waals surface area contributed by atoms with Gasteiger partial charge >= 0.3 is 0 Å². The normalized spacial score (nSPS) is 17.7. The molecule has 4 rings (SSSR count). The number of aromatic amines is 1. The first-order chi connectivity index (χ1) is 17.0. The fourth-order valence-corrected chi connectivity index (χ4v) is 4.53. The van der Waals surface area contributed by atoms with Gasteiger partial charge in [0.1, 0.15) is 5.75 Å². The smallest absolute Gasteiger partial charge is 0.255 e. The molecule has 10 heteroatoms. The predicted octanol–water partition coefficient (Wildman–Crippen LogP) is 1.05. The molecule has 10 nitrogen and oxygen atoms in total. The molecule has 2 aliphatic rings. The predicted molar refractivity (Wildman–Crippen MR) is 132 cm³/mol. The maximum atomic E-state index is 12.7. The van der Waals surface area contributed by atoms with E-state index in [2.05, 4.69) is 20.2 Å². The van der Waals surface area contributed by atoms with E-state index >= 15 is 0 Å². The van der Waals surface area contributed by atoms with Gasteiger partial charge < -0.3 is 24.4 Å².